The molecule has 1 aromatic heterocycles. The predicted octanol–water partition coefficient (Wildman–Crippen LogP) is 3.54. The average Bonchev–Trinajstić information content (AvgIpc) is 3.02. The van der Waals surface area contributed by atoms with E-state index in [1.165, 1.54) is 4.90 Å². The van der Waals surface area contributed by atoms with Gasteiger partial charge in [-0.1, -0.05) is 23.8 Å². The molecule has 0 N–H and O–H groups in total. The zero-order valence-corrected chi connectivity index (χ0v) is 12.0. The minimum atomic E-state index is -0.266. The Kier molecular flexibility index (Phi) is 2.66. The van der Waals surface area contributed by atoms with Gasteiger partial charge >= 0.3 is 0 Å². The minimum Gasteiger partial charge on any atom is -0.459 e. The molecule has 4 rings (SSSR count). The first kappa shape index (κ1) is 12.8. The van der Waals surface area contributed by atoms with Crippen LogP contribution in [0.1, 0.15) is 32.0 Å². The first-order chi connectivity index (χ1) is 10.6. The molecular formula is C18H13NO3. The standard InChI is InChI=1S/C18H13NO3/c1-11-6-7-16-12(8-11)9-13(22-16)10-19-17(20)14-4-2-3-5-15(14)18(19)21/h2-9H,10H2,1H3. The van der Waals surface area contributed by atoms with Gasteiger partial charge in [0.15, 0.2) is 0 Å². The molecule has 0 radical (unpaired) electrons. The normalized spacial score (nSPS) is 14.0. The maximum atomic E-state index is 12.3. The van der Waals surface area contributed by atoms with E-state index in [9.17, 15) is 9.59 Å². The van der Waals surface area contributed by atoms with Gasteiger partial charge in [0, 0.05) is 5.39 Å². The summed E-state index contributed by atoms with van der Waals surface area (Å²) in [6.07, 6.45) is 0. The Balaban J connectivity index is 1.69. The second-order valence-corrected chi connectivity index (χ2v) is 5.50. The van der Waals surface area contributed by atoms with E-state index in [0.717, 1.165) is 16.5 Å². The molecule has 4 nitrogen and oxygen atoms in total. The molecular weight excluding hydrogens is 278 g/mol. The van der Waals surface area contributed by atoms with Gasteiger partial charge in [-0.15, -0.1) is 0 Å². The summed E-state index contributed by atoms with van der Waals surface area (Å²) in [7, 11) is 0. The van der Waals surface area contributed by atoms with Gasteiger partial charge in [0.05, 0.1) is 17.7 Å². The number of hydrogen-bond acceptors (Lipinski definition) is 3. The Hall–Kier alpha value is -2.88. The van der Waals surface area contributed by atoms with E-state index >= 15 is 0 Å². The Morgan fingerprint density at radius 3 is 2.32 bits per heavy atom. The number of carbonyl (C=O) groups excluding carboxylic acids is 2. The van der Waals surface area contributed by atoms with Crippen molar-refractivity contribution < 1.29 is 14.0 Å². The van der Waals surface area contributed by atoms with Gasteiger partial charge in [0.2, 0.25) is 0 Å². The van der Waals surface area contributed by atoms with E-state index in [2.05, 4.69) is 0 Å². The number of fused-ring (bicyclic) bond motifs is 2. The number of imide groups is 1. The third-order valence-electron chi connectivity index (χ3n) is 3.91. The molecule has 0 saturated heterocycles. The Morgan fingerprint density at radius 1 is 0.955 bits per heavy atom. The Bertz CT molecular complexity index is 888. The number of amides is 2. The number of benzene rings is 2. The number of aryl methyl sites for hydroxylation is 1. The second-order valence-electron chi connectivity index (χ2n) is 5.50. The molecule has 0 bridgehead atoms. The van der Waals surface area contributed by atoms with Crippen molar-refractivity contribution >= 4 is 22.8 Å². The van der Waals surface area contributed by atoms with Crippen LogP contribution in [0.15, 0.2) is 52.9 Å². The summed E-state index contributed by atoms with van der Waals surface area (Å²) in [4.78, 5) is 25.9. The van der Waals surface area contributed by atoms with E-state index in [1.807, 2.05) is 31.2 Å². The molecule has 2 aromatic carbocycles. The minimum absolute atomic E-state index is 0.153. The molecule has 0 fully saturated rings. The van der Waals surface area contributed by atoms with Crippen molar-refractivity contribution in [3.8, 4) is 0 Å². The summed E-state index contributed by atoms with van der Waals surface area (Å²) >= 11 is 0. The van der Waals surface area contributed by atoms with Crippen molar-refractivity contribution in [3.05, 3.63) is 71.0 Å². The second kappa shape index (κ2) is 4.56. The molecule has 4 heteroatoms. The maximum Gasteiger partial charge on any atom is 0.261 e. The lowest BCUT2D eigenvalue weighted by molar-refractivity contribution is 0.0632. The van der Waals surface area contributed by atoms with Crippen LogP contribution in [0.5, 0.6) is 0 Å². The molecule has 2 amide bonds. The van der Waals surface area contributed by atoms with E-state index in [-0.39, 0.29) is 18.4 Å². The first-order valence-electron chi connectivity index (χ1n) is 7.08. The number of furan rings is 1. The van der Waals surface area contributed by atoms with E-state index < -0.39 is 0 Å². The molecule has 0 aliphatic carbocycles. The van der Waals surface area contributed by atoms with Gasteiger partial charge in [-0.3, -0.25) is 14.5 Å². The highest BCUT2D eigenvalue weighted by Gasteiger charge is 2.35. The summed E-state index contributed by atoms with van der Waals surface area (Å²) in [5, 5.41) is 0.978. The third kappa shape index (κ3) is 1.84. The van der Waals surface area contributed by atoms with Crippen molar-refractivity contribution in [2.75, 3.05) is 0 Å². The molecule has 0 spiro atoms. The van der Waals surface area contributed by atoms with Crippen molar-refractivity contribution in [2.24, 2.45) is 0 Å². The highest BCUT2D eigenvalue weighted by Crippen LogP contribution is 2.27. The molecule has 108 valence electrons. The van der Waals surface area contributed by atoms with Gasteiger partial charge in [0.25, 0.3) is 11.8 Å². The van der Waals surface area contributed by atoms with Crippen LogP contribution in [0.25, 0.3) is 11.0 Å². The summed E-state index contributed by atoms with van der Waals surface area (Å²) in [6, 6.07) is 14.6. The van der Waals surface area contributed by atoms with Crippen LogP contribution < -0.4 is 0 Å². The maximum absolute atomic E-state index is 12.3. The van der Waals surface area contributed by atoms with Crippen LogP contribution in [0.3, 0.4) is 0 Å². The van der Waals surface area contributed by atoms with Crippen molar-refractivity contribution in [1.29, 1.82) is 0 Å². The summed E-state index contributed by atoms with van der Waals surface area (Å²) in [5.41, 5.74) is 2.82. The largest absolute Gasteiger partial charge is 0.459 e. The Labute approximate surface area is 127 Å². The Morgan fingerprint density at radius 2 is 1.64 bits per heavy atom. The van der Waals surface area contributed by atoms with Crippen LogP contribution in [0, 0.1) is 6.92 Å². The predicted molar refractivity (Wildman–Crippen MR) is 81.6 cm³/mol. The molecule has 22 heavy (non-hydrogen) atoms. The smallest absolute Gasteiger partial charge is 0.261 e. The lowest BCUT2D eigenvalue weighted by Gasteiger charge is -2.11. The SMILES string of the molecule is Cc1ccc2oc(CN3C(=O)c4ccccc4C3=O)cc2c1. The molecule has 3 aromatic rings. The monoisotopic (exact) mass is 291 g/mol. The van der Waals surface area contributed by atoms with Crippen LogP contribution in [-0.4, -0.2) is 16.7 Å². The average molecular weight is 291 g/mol. The summed E-state index contributed by atoms with van der Waals surface area (Å²) in [5.74, 6) is 0.0737. The molecule has 1 aliphatic rings. The van der Waals surface area contributed by atoms with Gasteiger partial charge in [-0.25, -0.2) is 0 Å². The van der Waals surface area contributed by atoms with Crippen LogP contribution in [0.2, 0.25) is 0 Å². The number of carbonyl (C=O) groups is 2. The molecule has 2 heterocycles. The van der Waals surface area contributed by atoms with Crippen molar-refractivity contribution in [1.82, 2.24) is 4.90 Å². The fourth-order valence-corrected chi connectivity index (χ4v) is 2.83. The lowest BCUT2D eigenvalue weighted by atomic mass is 10.1. The number of hydrogen-bond donors (Lipinski definition) is 0. The fraction of sp³-hybridized carbons (Fsp3) is 0.111. The zero-order chi connectivity index (χ0) is 15.3. The van der Waals surface area contributed by atoms with E-state index in [4.69, 9.17) is 4.42 Å². The zero-order valence-electron chi connectivity index (χ0n) is 12.0. The lowest BCUT2D eigenvalue weighted by Crippen LogP contribution is -2.28. The highest BCUT2D eigenvalue weighted by molar-refractivity contribution is 6.21. The fourth-order valence-electron chi connectivity index (χ4n) is 2.83. The molecule has 0 saturated carbocycles. The van der Waals surface area contributed by atoms with Crippen LogP contribution >= 0.6 is 0 Å². The highest BCUT2D eigenvalue weighted by atomic mass is 16.3. The third-order valence-corrected chi connectivity index (χ3v) is 3.91. The van der Waals surface area contributed by atoms with E-state index in [0.29, 0.717) is 16.9 Å². The first-order valence-corrected chi connectivity index (χ1v) is 7.08. The van der Waals surface area contributed by atoms with Crippen molar-refractivity contribution in [3.63, 3.8) is 0 Å². The van der Waals surface area contributed by atoms with Gasteiger partial charge < -0.3 is 4.42 Å². The topological polar surface area (TPSA) is 50.5 Å². The molecule has 0 unspecified atom stereocenters. The number of nitrogens with zero attached hydrogens (tertiary/aromatic N) is 1. The van der Waals surface area contributed by atoms with Gasteiger partial charge in [-0.2, -0.15) is 0 Å². The van der Waals surface area contributed by atoms with Gasteiger partial charge in [0.1, 0.15) is 11.3 Å². The number of rotatable bonds is 2. The van der Waals surface area contributed by atoms with Gasteiger partial charge in [-0.05, 0) is 37.3 Å². The van der Waals surface area contributed by atoms with Crippen LogP contribution in [0.4, 0.5) is 0 Å². The summed E-state index contributed by atoms with van der Waals surface area (Å²) in [6.45, 7) is 2.16. The molecule has 0 atom stereocenters. The quantitative estimate of drug-likeness (QED) is 0.679. The van der Waals surface area contributed by atoms with Crippen molar-refractivity contribution in [2.45, 2.75) is 13.5 Å². The van der Waals surface area contributed by atoms with E-state index in [1.54, 1.807) is 24.3 Å². The summed E-state index contributed by atoms with van der Waals surface area (Å²) < 4.78 is 5.73. The molecule has 1 aliphatic heterocycles. The van der Waals surface area contributed by atoms with Crippen LogP contribution in [-0.2, 0) is 6.54 Å².